The molecule has 0 aromatic heterocycles. The van der Waals surface area contributed by atoms with E-state index in [2.05, 4.69) is 4.74 Å². The Labute approximate surface area is 89.0 Å². The van der Waals surface area contributed by atoms with Crippen molar-refractivity contribution in [2.24, 2.45) is 0 Å². The standard InChI is InChI=1S/C10H18O5/c1-3-5-8(11)15-9(12)7-10(13,14)6-4-2/h13-14H,3-7H2,1-2H3. The maximum Gasteiger partial charge on any atom is 0.318 e. The number of esters is 2. The van der Waals surface area contributed by atoms with Gasteiger partial charge in [0, 0.05) is 12.8 Å². The third-order valence-corrected chi connectivity index (χ3v) is 1.76. The normalized spacial score (nSPS) is 11.2. The Morgan fingerprint density at radius 1 is 1.13 bits per heavy atom. The van der Waals surface area contributed by atoms with Crippen molar-refractivity contribution < 1.29 is 24.5 Å². The van der Waals surface area contributed by atoms with Gasteiger partial charge in [0.1, 0.15) is 0 Å². The van der Waals surface area contributed by atoms with Crippen molar-refractivity contribution in [3.63, 3.8) is 0 Å². The first kappa shape index (κ1) is 14.1. The van der Waals surface area contributed by atoms with E-state index in [0.717, 1.165) is 0 Å². The Balaban J connectivity index is 3.97. The first-order valence-electron chi connectivity index (χ1n) is 5.09. The molecule has 0 saturated heterocycles. The molecule has 0 aromatic carbocycles. The monoisotopic (exact) mass is 218 g/mol. The molecule has 0 bridgehead atoms. The van der Waals surface area contributed by atoms with E-state index in [1.165, 1.54) is 0 Å². The van der Waals surface area contributed by atoms with Crippen molar-refractivity contribution in [1.29, 1.82) is 0 Å². The SMILES string of the molecule is CCCC(=O)OC(=O)CC(O)(O)CCC. The molecule has 0 heterocycles. The molecule has 15 heavy (non-hydrogen) atoms. The zero-order valence-electron chi connectivity index (χ0n) is 9.15. The highest BCUT2D eigenvalue weighted by Gasteiger charge is 2.27. The first-order chi connectivity index (χ1) is 6.91. The Kier molecular flexibility index (Phi) is 6.12. The quantitative estimate of drug-likeness (QED) is 0.390. The fourth-order valence-electron chi connectivity index (χ4n) is 1.14. The van der Waals surface area contributed by atoms with Crippen molar-refractivity contribution in [3.8, 4) is 0 Å². The third-order valence-electron chi connectivity index (χ3n) is 1.76. The van der Waals surface area contributed by atoms with Gasteiger partial charge < -0.3 is 14.9 Å². The van der Waals surface area contributed by atoms with Gasteiger partial charge in [0.25, 0.3) is 0 Å². The molecule has 0 rings (SSSR count). The average Bonchev–Trinajstić information content (AvgIpc) is 2.01. The van der Waals surface area contributed by atoms with Crippen LogP contribution in [0.15, 0.2) is 0 Å². The lowest BCUT2D eigenvalue weighted by Gasteiger charge is -2.19. The van der Waals surface area contributed by atoms with Gasteiger partial charge in [0.15, 0.2) is 5.79 Å². The lowest BCUT2D eigenvalue weighted by molar-refractivity contribution is -0.189. The molecule has 0 fully saturated rings. The van der Waals surface area contributed by atoms with Crippen LogP contribution in [-0.4, -0.2) is 27.9 Å². The number of hydrogen-bond donors (Lipinski definition) is 2. The van der Waals surface area contributed by atoms with Gasteiger partial charge in [0.05, 0.1) is 6.42 Å². The Bertz CT molecular complexity index is 222. The summed E-state index contributed by atoms with van der Waals surface area (Å²) in [5.74, 6) is -3.60. The number of ether oxygens (including phenoxy) is 1. The summed E-state index contributed by atoms with van der Waals surface area (Å²) in [5, 5.41) is 18.5. The van der Waals surface area contributed by atoms with Gasteiger partial charge >= 0.3 is 11.9 Å². The predicted molar refractivity (Wildman–Crippen MR) is 52.7 cm³/mol. The molecule has 5 nitrogen and oxygen atoms in total. The van der Waals surface area contributed by atoms with Crippen LogP contribution in [0.2, 0.25) is 0 Å². The second-order valence-electron chi connectivity index (χ2n) is 3.51. The van der Waals surface area contributed by atoms with Gasteiger partial charge in [-0.1, -0.05) is 20.3 Å². The van der Waals surface area contributed by atoms with Gasteiger partial charge in [-0.2, -0.15) is 0 Å². The number of hydrogen-bond acceptors (Lipinski definition) is 5. The van der Waals surface area contributed by atoms with E-state index < -0.39 is 24.1 Å². The summed E-state index contributed by atoms with van der Waals surface area (Å²) < 4.78 is 4.38. The maximum absolute atomic E-state index is 11.1. The van der Waals surface area contributed by atoms with Crippen LogP contribution < -0.4 is 0 Å². The molecule has 0 saturated carbocycles. The lowest BCUT2D eigenvalue weighted by atomic mass is 10.1. The fourth-order valence-corrected chi connectivity index (χ4v) is 1.14. The smallest absolute Gasteiger partial charge is 0.318 e. The van der Waals surface area contributed by atoms with E-state index in [0.29, 0.717) is 12.8 Å². The third kappa shape index (κ3) is 7.04. The largest absolute Gasteiger partial charge is 0.393 e. The Morgan fingerprint density at radius 2 is 1.73 bits per heavy atom. The summed E-state index contributed by atoms with van der Waals surface area (Å²) in [6.45, 7) is 3.54. The van der Waals surface area contributed by atoms with Crippen LogP contribution in [0.3, 0.4) is 0 Å². The summed E-state index contributed by atoms with van der Waals surface area (Å²) in [4.78, 5) is 21.9. The van der Waals surface area contributed by atoms with Crippen molar-refractivity contribution in [2.75, 3.05) is 0 Å². The van der Waals surface area contributed by atoms with Gasteiger partial charge in [0.2, 0.25) is 0 Å². The molecule has 0 aliphatic carbocycles. The number of carbonyl (C=O) groups excluding carboxylic acids is 2. The molecule has 0 radical (unpaired) electrons. The van der Waals surface area contributed by atoms with Crippen molar-refractivity contribution in [2.45, 2.75) is 51.7 Å². The van der Waals surface area contributed by atoms with Crippen LogP contribution in [-0.2, 0) is 14.3 Å². The molecular weight excluding hydrogens is 200 g/mol. The molecule has 0 atom stereocenters. The molecule has 0 spiro atoms. The van der Waals surface area contributed by atoms with E-state index in [1.54, 1.807) is 13.8 Å². The number of aliphatic hydroxyl groups is 2. The number of carbonyl (C=O) groups is 2. The topological polar surface area (TPSA) is 83.8 Å². The van der Waals surface area contributed by atoms with Crippen molar-refractivity contribution in [3.05, 3.63) is 0 Å². The highest BCUT2D eigenvalue weighted by molar-refractivity contribution is 5.85. The summed E-state index contributed by atoms with van der Waals surface area (Å²) in [5.41, 5.74) is 0. The average molecular weight is 218 g/mol. The molecule has 88 valence electrons. The van der Waals surface area contributed by atoms with Gasteiger partial charge in [-0.3, -0.25) is 9.59 Å². The van der Waals surface area contributed by atoms with E-state index >= 15 is 0 Å². The zero-order valence-corrected chi connectivity index (χ0v) is 9.15. The van der Waals surface area contributed by atoms with Gasteiger partial charge in [-0.15, -0.1) is 0 Å². The maximum atomic E-state index is 11.1. The van der Waals surface area contributed by atoms with E-state index in [4.69, 9.17) is 0 Å². The summed E-state index contributed by atoms with van der Waals surface area (Å²) in [7, 11) is 0. The van der Waals surface area contributed by atoms with Crippen molar-refractivity contribution in [1.82, 2.24) is 0 Å². The molecule has 0 aromatic rings. The highest BCUT2D eigenvalue weighted by atomic mass is 16.6. The molecular formula is C10H18O5. The Hall–Kier alpha value is -0.940. The minimum atomic E-state index is -2.07. The van der Waals surface area contributed by atoms with Crippen LogP contribution in [0.5, 0.6) is 0 Å². The van der Waals surface area contributed by atoms with Crippen LogP contribution in [0, 0.1) is 0 Å². The lowest BCUT2D eigenvalue weighted by Crippen LogP contribution is -2.32. The van der Waals surface area contributed by atoms with Crippen LogP contribution in [0.4, 0.5) is 0 Å². The van der Waals surface area contributed by atoms with Gasteiger partial charge in [-0.05, 0) is 6.42 Å². The summed E-state index contributed by atoms with van der Waals surface area (Å²) in [6, 6.07) is 0. The highest BCUT2D eigenvalue weighted by Crippen LogP contribution is 2.14. The van der Waals surface area contributed by atoms with E-state index in [1.807, 2.05) is 0 Å². The molecule has 0 aliphatic rings. The zero-order chi connectivity index (χ0) is 11.9. The molecule has 2 N–H and O–H groups in total. The molecule has 5 heteroatoms. The molecule has 0 unspecified atom stereocenters. The second kappa shape index (κ2) is 6.53. The van der Waals surface area contributed by atoms with E-state index in [-0.39, 0.29) is 12.8 Å². The summed E-state index contributed by atoms with van der Waals surface area (Å²) >= 11 is 0. The predicted octanol–water partition coefficient (Wildman–Crippen LogP) is 0.727. The van der Waals surface area contributed by atoms with Crippen LogP contribution >= 0.6 is 0 Å². The van der Waals surface area contributed by atoms with E-state index in [9.17, 15) is 19.8 Å². The summed E-state index contributed by atoms with van der Waals surface area (Å²) in [6.07, 6.45) is 0.775. The molecule has 0 amide bonds. The van der Waals surface area contributed by atoms with Crippen LogP contribution in [0.25, 0.3) is 0 Å². The Morgan fingerprint density at radius 3 is 2.20 bits per heavy atom. The first-order valence-corrected chi connectivity index (χ1v) is 5.09. The molecule has 0 aliphatic heterocycles. The van der Waals surface area contributed by atoms with Crippen molar-refractivity contribution >= 4 is 11.9 Å². The fraction of sp³-hybridized carbons (Fsp3) is 0.800. The second-order valence-corrected chi connectivity index (χ2v) is 3.51. The van der Waals surface area contributed by atoms with Gasteiger partial charge in [-0.25, -0.2) is 0 Å². The number of rotatable bonds is 6. The minimum Gasteiger partial charge on any atom is -0.393 e. The van der Waals surface area contributed by atoms with Crippen LogP contribution in [0.1, 0.15) is 46.0 Å². The minimum absolute atomic E-state index is 0.0735.